The highest BCUT2D eigenvalue weighted by molar-refractivity contribution is 5.85. The lowest BCUT2D eigenvalue weighted by molar-refractivity contribution is -0.138. The van der Waals surface area contributed by atoms with Crippen molar-refractivity contribution in [3.63, 3.8) is 0 Å². The smallest absolute Gasteiger partial charge is 0.227 e. The van der Waals surface area contributed by atoms with Gasteiger partial charge in [0.2, 0.25) is 5.91 Å². The first kappa shape index (κ1) is 22.5. The number of benzene rings is 1. The van der Waals surface area contributed by atoms with Crippen LogP contribution < -0.4 is 5.73 Å². The fourth-order valence-electron chi connectivity index (χ4n) is 5.34. The number of rotatable bonds is 4. The largest absolute Gasteiger partial charge is 0.340 e. The maximum atomic E-state index is 12.9. The number of hydrogen-bond donors (Lipinski definition) is 1. The number of piperazine rings is 1. The van der Waals surface area contributed by atoms with E-state index in [1.54, 1.807) is 0 Å². The number of halogens is 2. The van der Waals surface area contributed by atoms with Crippen LogP contribution >= 0.6 is 24.8 Å². The van der Waals surface area contributed by atoms with Crippen molar-refractivity contribution in [3.8, 4) is 0 Å². The number of hydrogen-bond acceptors (Lipinski definition) is 3. The average Bonchev–Trinajstić information content (AvgIpc) is 3.30. The second-order valence-electron chi connectivity index (χ2n) is 8.33. The van der Waals surface area contributed by atoms with Crippen LogP contribution in [0.3, 0.4) is 0 Å². The molecule has 1 saturated heterocycles. The van der Waals surface area contributed by atoms with E-state index >= 15 is 0 Å². The average molecular weight is 414 g/mol. The van der Waals surface area contributed by atoms with Gasteiger partial charge in [-0.05, 0) is 36.7 Å². The molecule has 6 heteroatoms. The van der Waals surface area contributed by atoms with Crippen molar-refractivity contribution in [1.82, 2.24) is 9.80 Å². The molecule has 4 rings (SSSR count). The van der Waals surface area contributed by atoms with Crippen molar-refractivity contribution >= 4 is 30.7 Å². The van der Waals surface area contributed by atoms with E-state index in [1.807, 2.05) is 42.2 Å². The fourth-order valence-corrected chi connectivity index (χ4v) is 5.34. The van der Waals surface area contributed by atoms with E-state index in [2.05, 4.69) is 4.90 Å². The summed E-state index contributed by atoms with van der Waals surface area (Å²) in [5, 5.41) is 0. The summed E-state index contributed by atoms with van der Waals surface area (Å²) in [5.74, 6) is 1.96. The van der Waals surface area contributed by atoms with Gasteiger partial charge in [0.25, 0.3) is 0 Å². The summed E-state index contributed by atoms with van der Waals surface area (Å²) in [6, 6.07) is 10.6. The van der Waals surface area contributed by atoms with Gasteiger partial charge in [-0.25, -0.2) is 0 Å². The Bertz CT molecular complexity index is 607. The molecule has 1 heterocycles. The Labute approximate surface area is 175 Å². The third-order valence-corrected chi connectivity index (χ3v) is 6.91. The molecule has 5 unspecified atom stereocenters. The van der Waals surface area contributed by atoms with Gasteiger partial charge in [0.15, 0.2) is 0 Å². The van der Waals surface area contributed by atoms with Crippen molar-refractivity contribution in [2.24, 2.45) is 23.5 Å². The predicted molar refractivity (Wildman–Crippen MR) is 114 cm³/mol. The molecule has 0 spiro atoms. The molecule has 0 aromatic heterocycles. The molecule has 2 N–H and O–H groups in total. The molecule has 0 radical (unpaired) electrons. The Kier molecular flexibility index (Phi) is 7.99. The lowest BCUT2D eigenvalue weighted by atomic mass is 9.92. The first-order chi connectivity index (χ1) is 12.1. The van der Waals surface area contributed by atoms with Gasteiger partial charge < -0.3 is 10.6 Å². The highest BCUT2D eigenvalue weighted by Crippen LogP contribution is 2.46. The van der Waals surface area contributed by atoms with E-state index in [0.717, 1.165) is 49.6 Å². The third kappa shape index (κ3) is 4.61. The van der Waals surface area contributed by atoms with Crippen molar-refractivity contribution in [2.75, 3.05) is 26.2 Å². The molecule has 4 nitrogen and oxygen atoms in total. The van der Waals surface area contributed by atoms with Gasteiger partial charge in [0.1, 0.15) is 0 Å². The van der Waals surface area contributed by atoms with Gasteiger partial charge >= 0.3 is 0 Å². The van der Waals surface area contributed by atoms with Gasteiger partial charge in [-0.3, -0.25) is 9.69 Å². The molecule has 2 bridgehead atoms. The highest BCUT2D eigenvalue weighted by atomic mass is 35.5. The van der Waals surface area contributed by atoms with Crippen molar-refractivity contribution in [2.45, 2.75) is 44.7 Å². The van der Waals surface area contributed by atoms with Gasteiger partial charge in [-0.1, -0.05) is 43.7 Å². The van der Waals surface area contributed by atoms with Gasteiger partial charge in [0, 0.05) is 38.3 Å². The lowest BCUT2D eigenvalue weighted by Crippen LogP contribution is -2.54. The summed E-state index contributed by atoms with van der Waals surface area (Å²) in [6.45, 7) is 5.76. The molecule has 1 aliphatic heterocycles. The first-order valence-electron chi connectivity index (χ1n) is 9.97. The highest BCUT2D eigenvalue weighted by Gasteiger charge is 2.43. The van der Waals surface area contributed by atoms with Crippen LogP contribution in [0.1, 0.15) is 44.2 Å². The number of carbonyl (C=O) groups excluding carboxylic acids is 1. The van der Waals surface area contributed by atoms with Crippen molar-refractivity contribution in [3.05, 3.63) is 35.9 Å². The number of carbonyl (C=O) groups is 1. The maximum absolute atomic E-state index is 12.9. The van der Waals surface area contributed by atoms with Crippen molar-refractivity contribution in [1.29, 1.82) is 0 Å². The molecule has 1 aromatic carbocycles. The summed E-state index contributed by atoms with van der Waals surface area (Å²) in [5.41, 5.74) is 7.40. The van der Waals surface area contributed by atoms with E-state index in [-0.39, 0.29) is 42.7 Å². The van der Waals surface area contributed by atoms with E-state index in [1.165, 1.54) is 25.7 Å². The normalized spacial score (nSPS) is 29.6. The molecule has 5 atom stereocenters. The Morgan fingerprint density at radius 1 is 1.04 bits per heavy atom. The zero-order chi connectivity index (χ0) is 17.4. The zero-order valence-electron chi connectivity index (χ0n) is 16.1. The van der Waals surface area contributed by atoms with Crippen LogP contribution in [0.5, 0.6) is 0 Å². The van der Waals surface area contributed by atoms with Crippen LogP contribution in [0.15, 0.2) is 30.3 Å². The predicted octanol–water partition coefficient (Wildman–Crippen LogP) is 3.50. The van der Waals surface area contributed by atoms with E-state index < -0.39 is 0 Å². The molecule has 152 valence electrons. The number of fused-ring (bicyclic) bond motifs is 2. The minimum Gasteiger partial charge on any atom is -0.340 e. The quantitative estimate of drug-likeness (QED) is 0.821. The number of nitrogens with two attached hydrogens (primary N) is 1. The molecule has 27 heavy (non-hydrogen) atoms. The summed E-state index contributed by atoms with van der Waals surface area (Å²) in [4.78, 5) is 17.6. The minimum absolute atomic E-state index is 0. The Morgan fingerprint density at radius 3 is 2.26 bits per heavy atom. The molecule has 1 amide bonds. The molecule has 2 saturated carbocycles. The molecule has 3 fully saturated rings. The maximum Gasteiger partial charge on any atom is 0.227 e. The van der Waals surface area contributed by atoms with E-state index in [4.69, 9.17) is 5.73 Å². The van der Waals surface area contributed by atoms with Gasteiger partial charge in [-0.2, -0.15) is 0 Å². The molecular formula is C21H33Cl2N3O. The summed E-state index contributed by atoms with van der Waals surface area (Å²) in [7, 11) is 0. The Balaban J connectivity index is 0.00000131. The fraction of sp³-hybridized carbons (Fsp3) is 0.667. The monoisotopic (exact) mass is 413 g/mol. The van der Waals surface area contributed by atoms with Crippen LogP contribution in [0, 0.1) is 17.8 Å². The second kappa shape index (κ2) is 9.60. The third-order valence-electron chi connectivity index (χ3n) is 6.91. The van der Waals surface area contributed by atoms with Crippen LogP contribution in [0.25, 0.3) is 0 Å². The molecule has 1 aromatic rings. The van der Waals surface area contributed by atoms with E-state index in [9.17, 15) is 4.79 Å². The number of nitrogens with zero attached hydrogens (tertiary/aromatic N) is 2. The topological polar surface area (TPSA) is 49.6 Å². The molecular weight excluding hydrogens is 381 g/mol. The lowest BCUT2D eigenvalue weighted by Gasteiger charge is -2.42. The van der Waals surface area contributed by atoms with Crippen LogP contribution in [-0.4, -0.2) is 47.9 Å². The standard InChI is InChI=1S/C21H31N3O.2ClH/c1-15(20(22)17-5-3-2-4-6-17)21(25)24-11-9-23(10-12-24)19-14-16-7-8-18(19)13-16;;/h2-6,15-16,18-20H,7-14,22H2,1H3;2*1H. The first-order valence-corrected chi connectivity index (χ1v) is 9.97. The van der Waals surface area contributed by atoms with Crippen LogP contribution in [-0.2, 0) is 4.79 Å². The number of amides is 1. The van der Waals surface area contributed by atoms with Crippen LogP contribution in [0.4, 0.5) is 0 Å². The summed E-state index contributed by atoms with van der Waals surface area (Å²) >= 11 is 0. The Hall–Kier alpha value is -0.810. The molecule has 2 aliphatic carbocycles. The van der Waals surface area contributed by atoms with Crippen molar-refractivity contribution < 1.29 is 4.79 Å². The zero-order valence-corrected chi connectivity index (χ0v) is 17.8. The Morgan fingerprint density at radius 2 is 1.70 bits per heavy atom. The minimum atomic E-state index is -0.225. The summed E-state index contributed by atoms with van der Waals surface area (Å²) < 4.78 is 0. The second-order valence-corrected chi connectivity index (χ2v) is 8.33. The van der Waals surface area contributed by atoms with E-state index in [0.29, 0.717) is 0 Å². The van der Waals surface area contributed by atoms with Gasteiger partial charge in [0.05, 0.1) is 5.92 Å². The SMILES string of the molecule is CC(C(=O)N1CCN(C2CC3CCC2C3)CC1)C(N)c1ccccc1.Cl.Cl. The molecule has 3 aliphatic rings. The van der Waals surface area contributed by atoms with Crippen LogP contribution in [0.2, 0.25) is 0 Å². The van der Waals surface area contributed by atoms with Gasteiger partial charge in [-0.15, -0.1) is 24.8 Å². The summed E-state index contributed by atoms with van der Waals surface area (Å²) in [6.07, 6.45) is 5.73.